The second-order valence-electron chi connectivity index (χ2n) is 5.24. The Bertz CT molecular complexity index is 997. The number of rotatable bonds is 5. The van der Waals surface area contributed by atoms with E-state index in [1.54, 1.807) is 43.3 Å². The molecule has 2 aromatic carbocycles. The number of hydrogen-bond donors (Lipinski definition) is 2. The summed E-state index contributed by atoms with van der Waals surface area (Å²) in [5.41, 5.74) is 0.340. The molecule has 0 aliphatic carbocycles. The number of nitrogens with zero attached hydrogens (tertiary/aromatic N) is 1. The van der Waals surface area contributed by atoms with Crippen molar-refractivity contribution in [1.29, 1.82) is 0 Å². The molecule has 0 fully saturated rings. The van der Waals surface area contributed by atoms with E-state index >= 15 is 0 Å². The van der Waals surface area contributed by atoms with Crippen LogP contribution in [0.5, 0.6) is 0 Å². The lowest BCUT2D eigenvalue weighted by molar-refractivity contribution is 0.102. The number of carbonyl (C=O) groups excluding carboxylic acids is 1. The minimum Gasteiger partial charge on any atom is -0.360 e. The van der Waals surface area contributed by atoms with Crippen molar-refractivity contribution < 1.29 is 17.7 Å². The van der Waals surface area contributed by atoms with Gasteiger partial charge in [-0.15, -0.1) is 0 Å². The van der Waals surface area contributed by atoms with Crippen LogP contribution in [0.15, 0.2) is 70.1 Å². The molecule has 7 nitrogen and oxygen atoms in total. The van der Waals surface area contributed by atoms with Crippen molar-refractivity contribution in [2.75, 3.05) is 10.0 Å². The monoisotopic (exact) mass is 357 g/mol. The van der Waals surface area contributed by atoms with Crippen LogP contribution in [-0.2, 0) is 10.0 Å². The van der Waals surface area contributed by atoms with Gasteiger partial charge in [-0.1, -0.05) is 35.5 Å². The lowest BCUT2D eigenvalue weighted by atomic mass is 10.1. The third kappa shape index (κ3) is 3.86. The number of aryl methyl sites for hydroxylation is 1. The summed E-state index contributed by atoms with van der Waals surface area (Å²) in [7, 11) is -3.80. The van der Waals surface area contributed by atoms with Crippen LogP contribution in [0.3, 0.4) is 0 Å². The van der Waals surface area contributed by atoms with Crippen LogP contribution in [0.25, 0.3) is 0 Å². The highest BCUT2D eigenvalue weighted by molar-refractivity contribution is 7.92. The third-order valence-electron chi connectivity index (χ3n) is 3.34. The van der Waals surface area contributed by atoms with Gasteiger partial charge in [-0.05, 0) is 31.2 Å². The number of nitrogens with one attached hydrogen (secondary N) is 2. The Morgan fingerprint density at radius 1 is 1.04 bits per heavy atom. The molecule has 2 N–H and O–H groups in total. The molecule has 128 valence electrons. The van der Waals surface area contributed by atoms with Crippen molar-refractivity contribution in [2.45, 2.75) is 11.8 Å². The molecule has 3 rings (SSSR count). The van der Waals surface area contributed by atoms with Gasteiger partial charge in [-0.25, -0.2) is 8.42 Å². The molecule has 3 aromatic rings. The zero-order chi connectivity index (χ0) is 17.9. The highest BCUT2D eigenvalue weighted by Crippen LogP contribution is 2.21. The Hall–Kier alpha value is -3.13. The second kappa shape index (κ2) is 6.78. The molecule has 0 unspecified atom stereocenters. The van der Waals surface area contributed by atoms with Crippen molar-refractivity contribution in [3.63, 3.8) is 0 Å². The largest absolute Gasteiger partial charge is 0.360 e. The van der Waals surface area contributed by atoms with Crippen LogP contribution in [0.4, 0.5) is 11.5 Å². The van der Waals surface area contributed by atoms with E-state index in [0.29, 0.717) is 5.76 Å². The van der Waals surface area contributed by atoms with Gasteiger partial charge in [0.15, 0.2) is 5.82 Å². The summed E-state index contributed by atoms with van der Waals surface area (Å²) in [5.74, 6) is 0.302. The smallest absolute Gasteiger partial charge is 0.261 e. The molecule has 25 heavy (non-hydrogen) atoms. The molecule has 8 heteroatoms. The topological polar surface area (TPSA) is 101 Å². The van der Waals surface area contributed by atoms with Crippen molar-refractivity contribution in [1.82, 2.24) is 5.16 Å². The molecule has 0 spiro atoms. The Labute approximate surface area is 144 Å². The zero-order valence-electron chi connectivity index (χ0n) is 13.3. The number of carbonyl (C=O) groups is 1. The number of sulfonamides is 1. The summed E-state index contributed by atoms with van der Waals surface area (Å²) in [6.45, 7) is 1.70. The standard InChI is InChI=1S/C17H15N3O4S/c1-12-11-16(19-24-12)18-17(21)14-9-5-6-10-15(14)20-25(22,23)13-7-3-2-4-8-13/h2-11,20H,1H3,(H,18,19,21). The maximum atomic E-state index is 12.5. The summed E-state index contributed by atoms with van der Waals surface area (Å²) in [5, 5.41) is 6.25. The van der Waals surface area contributed by atoms with Crippen LogP contribution in [0.2, 0.25) is 0 Å². The van der Waals surface area contributed by atoms with Gasteiger partial charge in [0.25, 0.3) is 15.9 Å². The van der Waals surface area contributed by atoms with Gasteiger partial charge < -0.3 is 9.84 Å². The fraction of sp³-hybridized carbons (Fsp3) is 0.0588. The molecule has 0 radical (unpaired) electrons. The molecule has 1 aromatic heterocycles. The maximum Gasteiger partial charge on any atom is 0.261 e. The number of para-hydroxylation sites is 1. The van der Waals surface area contributed by atoms with Gasteiger partial charge in [0.1, 0.15) is 5.76 Å². The highest BCUT2D eigenvalue weighted by Gasteiger charge is 2.19. The first-order valence-corrected chi connectivity index (χ1v) is 8.85. The molecular weight excluding hydrogens is 342 g/mol. The molecule has 0 aliphatic rings. The van der Waals surface area contributed by atoms with E-state index in [9.17, 15) is 13.2 Å². The van der Waals surface area contributed by atoms with Crippen LogP contribution >= 0.6 is 0 Å². The third-order valence-corrected chi connectivity index (χ3v) is 4.72. The van der Waals surface area contributed by atoms with Gasteiger partial charge in [0, 0.05) is 6.07 Å². The summed E-state index contributed by atoms with van der Waals surface area (Å²) in [6, 6.07) is 15.8. The minimum atomic E-state index is -3.80. The van der Waals surface area contributed by atoms with Crippen LogP contribution in [-0.4, -0.2) is 19.5 Å². The number of benzene rings is 2. The normalized spacial score (nSPS) is 11.1. The van der Waals surface area contributed by atoms with E-state index in [0.717, 1.165) is 0 Å². The average molecular weight is 357 g/mol. The average Bonchev–Trinajstić information content (AvgIpc) is 3.00. The first-order valence-electron chi connectivity index (χ1n) is 7.37. The van der Waals surface area contributed by atoms with E-state index in [-0.39, 0.29) is 22.0 Å². The molecular formula is C17H15N3O4S. The van der Waals surface area contributed by atoms with Crippen LogP contribution in [0.1, 0.15) is 16.1 Å². The van der Waals surface area contributed by atoms with E-state index in [1.807, 2.05) is 0 Å². The van der Waals surface area contributed by atoms with Gasteiger partial charge in [-0.3, -0.25) is 9.52 Å². The van der Waals surface area contributed by atoms with Gasteiger partial charge >= 0.3 is 0 Å². The van der Waals surface area contributed by atoms with Gasteiger partial charge in [0.05, 0.1) is 16.1 Å². The lowest BCUT2D eigenvalue weighted by Gasteiger charge is -2.12. The first kappa shape index (κ1) is 16.7. The summed E-state index contributed by atoms with van der Waals surface area (Å²) >= 11 is 0. The van der Waals surface area contributed by atoms with Crippen LogP contribution < -0.4 is 10.0 Å². The predicted molar refractivity (Wildman–Crippen MR) is 92.9 cm³/mol. The number of hydrogen-bond acceptors (Lipinski definition) is 5. The number of aromatic nitrogens is 1. The maximum absolute atomic E-state index is 12.5. The molecule has 0 bridgehead atoms. The summed E-state index contributed by atoms with van der Waals surface area (Å²) in [4.78, 5) is 12.5. The molecule has 0 saturated carbocycles. The van der Waals surface area contributed by atoms with Crippen LogP contribution in [0, 0.1) is 6.92 Å². The van der Waals surface area contributed by atoms with E-state index in [2.05, 4.69) is 15.2 Å². The number of anilines is 2. The minimum absolute atomic E-state index is 0.109. The zero-order valence-corrected chi connectivity index (χ0v) is 14.1. The molecule has 1 heterocycles. The molecule has 0 aliphatic heterocycles. The summed E-state index contributed by atoms with van der Waals surface area (Å²) in [6.07, 6.45) is 0. The Kier molecular flexibility index (Phi) is 4.53. The SMILES string of the molecule is Cc1cc(NC(=O)c2ccccc2NS(=O)(=O)c2ccccc2)no1. The highest BCUT2D eigenvalue weighted by atomic mass is 32.2. The summed E-state index contributed by atoms with van der Waals surface area (Å²) < 4.78 is 32.3. The van der Waals surface area contributed by atoms with Crippen molar-refractivity contribution in [3.05, 3.63) is 72.0 Å². The van der Waals surface area contributed by atoms with Crippen molar-refractivity contribution >= 4 is 27.4 Å². The number of amides is 1. The Morgan fingerprint density at radius 2 is 1.72 bits per heavy atom. The molecule has 0 atom stereocenters. The van der Waals surface area contributed by atoms with E-state index < -0.39 is 15.9 Å². The van der Waals surface area contributed by atoms with Gasteiger partial charge in [0.2, 0.25) is 0 Å². The van der Waals surface area contributed by atoms with E-state index in [4.69, 9.17) is 4.52 Å². The van der Waals surface area contributed by atoms with E-state index in [1.165, 1.54) is 24.3 Å². The Balaban J connectivity index is 1.87. The predicted octanol–water partition coefficient (Wildman–Crippen LogP) is 3.04. The van der Waals surface area contributed by atoms with Crippen molar-refractivity contribution in [3.8, 4) is 0 Å². The second-order valence-corrected chi connectivity index (χ2v) is 6.92. The fourth-order valence-corrected chi connectivity index (χ4v) is 3.28. The fourth-order valence-electron chi connectivity index (χ4n) is 2.18. The lowest BCUT2D eigenvalue weighted by Crippen LogP contribution is -2.18. The van der Waals surface area contributed by atoms with Crippen molar-refractivity contribution in [2.24, 2.45) is 0 Å². The quantitative estimate of drug-likeness (QED) is 0.731. The van der Waals surface area contributed by atoms with Gasteiger partial charge in [-0.2, -0.15) is 0 Å². The Morgan fingerprint density at radius 3 is 2.40 bits per heavy atom. The first-order chi connectivity index (χ1) is 12.0. The molecule has 1 amide bonds. The molecule has 0 saturated heterocycles.